The molecule has 1 aromatic rings. The molecule has 1 heterocycles. The van der Waals surface area contributed by atoms with Crippen molar-refractivity contribution < 1.29 is 4.79 Å². The summed E-state index contributed by atoms with van der Waals surface area (Å²) in [6.07, 6.45) is 5.01. The molecule has 5 heteroatoms. The van der Waals surface area contributed by atoms with E-state index in [0.717, 1.165) is 18.8 Å². The molecule has 0 unspecified atom stereocenters. The maximum absolute atomic E-state index is 12.5. The quantitative estimate of drug-likeness (QED) is 0.830. The molecule has 98 valence electrons. The van der Waals surface area contributed by atoms with Crippen LogP contribution in [0.4, 0.5) is 5.69 Å². The van der Waals surface area contributed by atoms with Gasteiger partial charge in [-0.15, -0.1) is 0 Å². The lowest BCUT2D eigenvalue weighted by Crippen LogP contribution is -2.35. The average Bonchev–Trinajstić information content (AvgIpc) is 3.23. The highest BCUT2D eigenvalue weighted by atomic mass is 16.2. The van der Waals surface area contributed by atoms with E-state index >= 15 is 0 Å². The standard InChI is InChI=1S/C13H20N4O/c1-8-11(14)12(16-15-8)13(18)17(6-9-2-3-9)7-10-4-5-10/h9-10H,2-7,14H2,1H3,(H,15,16). The minimum absolute atomic E-state index is 0.00403. The van der Waals surface area contributed by atoms with E-state index < -0.39 is 0 Å². The van der Waals surface area contributed by atoms with E-state index in [1.165, 1.54) is 25.7 Å². The molecule has 2 saturated carbocycles. The number of aromatic amines is 1. The molecule has 2 aliphatic rings. The number of carbonyl (C=O) groups excluding carboxylic acids is 1. The molecule has 2 aliphatic carbocycles. The van der Waals surface area contributed by atoms with E-state index in [0.29, 0.717) is 23.2 Å². The van der Waals surface area contributed by atoms with Crippen molar-refractivity contribution in [3.63, 3.8) is 0 Å². The predicted molar refractivity (Wildman–Crippen MR) is 69.1 cm³/mol. The Labute approximate surface area is 107 Å². The van der Waals surface area contributed by atoms with Gasteiger partial charge in [0, 0.05) is 13.1 Å². The third kappa shape index (κ3) is 2.35. The minimum atomic E-state index is -0.00403. The van der Waals surface area contributed by atoms with Gasteiger partial charge in [-0.2, -0.15) is 5.10 Å². The minimum Gasteiger partial charge on any atom is -0.395 e. The number of aromatic nitrogens is 2. The van der Waals surface area contributed by atoms with Gasteiger partial charge in [-0.05, 0) is 44.4 Å². The van der Waals surface area contributed by atoms with Crippen LogP contribution in [-0.2, 0) is 0 Å². The van der Waals surface area contributed by atoms with Crippen molar-refractivity contribution in [3.05, 3.63) is 11.4 Å². The molecule has 1 aromatic heterocycles. The van der Waals surface area contributed by atoms with Crippen LogP contribution in [0.3, 0.4) is 0 Å². The molecule has 3 rings (SSSR count). The van der Waals surface area contributed by atoms with Crippen molar-refractivity contribution in [2.75, 3.05) is 18.8 Å². The number of hydrogen-bond acceptors (Lipinski definition) is 3. The second kappa shape index (κ2) is 4.30. The van der Waals surface area contributed by atoms with Crippen LogP contribution in [0, 0.1) is 18.8 Å². The van der Waals surface area contributed by atoms with Crippen LogP contribution in [-0.4, -0.2) is 34.1 Å². The van der Waals surface area contributed by atoms with E-state index in [-0.39, 0.29) is 5.91 Å². The van der Waals surface area contributed by atoms with Crippen molar-refractivity contribution in [2.24, 2.45) is 11.8 Å². The molecule has 0 saturated heterocycles. The van der Waals surface area contributed by atoms with E-state index in [4.69, 9.17) is 5.73 Å². The largest absolute Gasteiger partial charge is 0.395 e. The van der Waals surface area contributed by atoms with Crippen LogP contribution in [0.1, 0.15) is 41.9 Å². The first-order valence-electron chi connectivity index (χ1n) is 6.75. The van der Waals surface area contributed by atoms with Crippen LogP contribution in [0.25, 0.3) is 0 Å². The first-order chi connectivity index (χ1) is 8.65. The Bertz CT molecular complexity index is 446. The molecule has 0 bridgehead atoms. The summed E-state index contributed by atoms with van der Waals surface area (Å²) in [6.45, 7) is 3.59. The number of carbonyl (C=O) groups is 1. The number of aryl methyl sites for hydroxylation is 1. The lowest BCUT2D eigenvalue weighted by atomic mass is 10.2. The van der Waals surface area contributed by atoms with Gasteiger partial charge in [-0.1, -0.05) is 0 Å². The number of anilines is 1. The van der Waals surface area contributed by atoms with E-state index in [9.17, 15) is 4.79 Å². The summed E-state index contributed by atoms with van der Waals surface area (Å²) in [5.74, 6) is 1.40. The first kappa shape index (κ1) is 11.6. The molecule has 3 N–H and O–H groups in total. The van der Waals surface area contributed by atoms with Gasteiger partial charge < -0.3 is 10.6 Å². The summed E-state index contributed by atoms with van der Waals surface area (Å²) in [6, 6.07) is 0. The zero-order valence-electron chi connectivity index (χ0n) is 10.8. The Hall–Kier alpha value is -1.52. The van der Waals surface area contributed by atoms with Crippen molar-refractivity contribution in [1.29, 1.82) is 0 Å². The number of nitrogen functional groups attached to an aromatic ring is 1. The van der Waals surface area contributed by atoms with E-state index in [1.807, 2.05) is 11.8 Å². The summed E-state index contributed by atoms with van der Waals surface area (Å²) in [7, 11) is 0. The molecule has 0 radical (unpaired) electrons. The second-order valence-corrected chi connectivity index (χ2v) is 5.71. The highest BCUT2D eigenvalue weighted by molar-refractivity contribution is 5.97. The third-order valence-electron chi connectivity index (χ3n) is 3.84. The van der Waals surface area contributed by atoms with Gasteiger partial charge in [0.15, 0.2) is 5.69 Å². The summed E-state index contributed by atoms with van der Waals surface area (Å²) >= 11 is 0. The van der Waals surface area contributed by atoms with Gasteiger partial charge in [-0.25, -0.2) is 0 Å². The number of rotatable bonds is 5. The molecule has 0 spiro atoms. The van der Waals surface area contributed by atoms with Gasteiger partial charge in [0.05, 0.1) is 11.4 Å². The lowest BCUT2D eigenvalue weighted by molar-refractivity contribution is 0.0734. The molecule has 2 fully saturated rings. The number of nitrogens with one attached hydrogen (secondary N) is 1. The van der Waals surface area contributed by atoms with Crippen LogP contribution >= 0.6 is 0 Å². The lowest BCUT2D eigenvalue weighted by Gasteiger charge is -2.21. The maximum Gasteiger partial charge on any atom is 0.276 e. The molecule has 1 amide bonds. The Morgan fingerprint density at radius 3 is 2.28 bits per heavy atom. The highest BCUT2D eigenvalue weighted by Crippen LogP contribution is 2.34. The van der Waals surface area contributed by atoms with Gasteiger partial charge in [-0.3, -0.25) is 9.89 Å². The SMILES string of the molecule is Cc1[nH]nc(C(=O)N(CC2CC2)CC2CC2)c1N. The molecule has 0 aromatic carbocycles. The van der Waals surface area contributed by atoms with Crippen molar-refractivity contribution >= 4 is 11.6 Å². The van der Waals surface area contributed by atoms with Gasteiger partial charge in [0.1, 0.15) is 0 Å². The van der Waals surface area contributed by atoms with Crippen molar-refractivity contribution in [3.8, 4) is 0 Å². The number of H-pyrrole nitrogens is 1. The summed E-state index contributed by atoms with van der Waals surface area (Å²) in [5, 5.41) is 6.84. The smallest absolute Gasteiger partial charge is 0.276 e. The van der Waals surface area contributed by atoms with Crippen LogP contribution in [0.5, 0.6) is 0 Å². The van der Waals surface area contributed by atoms with Gasteiger partial charge in [0.2, 0.25) is 0 Å². The van der Waals surface area contributed by atoms with Crippen LogP contribution in [0.2, 0.25) is 0 Å². The van der Waals surface area contributed by atoms with E-state index in [2.05, 4.69) is 10.2 Å². The first-order valence-corrected chi connectivity index (χ1v) is 6.75. The molecule has 0 aliphatic heterocycles. The Morgan fingerprint density at radius 2 is 1.89 bits per heavy atom. The van der Waals surface area contributed by atoms with E-state index in [1.54, 1.807) is 0 Å². The summed E-state index contributed by atoms with van der Waals surface area (Å²) < 4.78 is 0. The molecular formula is C13H20N4O. The fourth-order valence-electron chi connectivity index (χ4n) is 2.22. The number of hydrogen-bond donors (Lipinski definition) is 2. The zero-order valence-corrected chi connectivity index (χ0v) is 10.8. The number of nitrogens with two attached hydrogens (primary N) is 1. The van der Waals surface area contributed by atoms with Gasteiger partial charge in [0.25, 0.3) is 5.91 Å². The fourth-order valence-corrected chi connectivity index (χ4v) is 2.22. The summed E-state index contributed by atoms with van der Waals surface area (Å²) in [4.78, 5) is 14.4. The average molecular weight is 248 g/mol. The van der Waals surface area contributed by atoms with Crippen LogP contribution in [0.15, 0.2) is 0 Å². The van der Waals surface area contributed by atoms with Crippen molar-refractivity contribution in [1.82, 2.24) is 15.1 Å². The van der Waals surface area contributed by atoms with Crippen LogP contribution < -0.4 is 5.73 Å². The third-order valence-corrected chi connectivity index (χ3v) is 3.84. The maximum atomic E-state index is 12.5. The zero-order chi connectivity index (χ0) is 12.7. The normalized spacial score (nSPS) is 18.9. The topological polar surface area (TPSA) is 75.0 Å². The molecule has 18 heavy (non-hydrogen) atoms. The fraction of sp³-hybridized carbons (Fsp3) is 0.692. The summed E-state index contributed by atoms with van der Waals surface area (Å²) in [5.41, 5.74) is 7.56. The van der Waals surface area contributed by atoms with Gasteiger partial charge >= 0.3 is 0 Å². The Balaban J connectivity index is 1.74. The monoisotopic (exact) mass is 248 g/mol. The highest BCUT2D eigenvalue weighted by Gasteiger charge is 2.33. The Morgan fingerprint density at radius 1 is 1.33 bits per heavy atom. The Kier molecular flexibility index (Phi) is 2.76. The molecular weight excluding hydrogens is 228 g/mol. The molecule has 5 nitrogen and oxygen atoms in total. The second-order valence-electron chi connectivity index (χ2n) is 5.71. The number of nitrogens with zero attached hydrogens (tertiary/aromatic N) is 2. The predicted octanol–water partition coefficient (Wildman–Crippen LogP) is 1.56. The number of amides is 1. The molecule has 0 atom stereocenters. The van der Waals surface area contributed by atoms with Crippen molar-refractivity contribution in [2.45, 2.75) is 32.6 Å².